The maximum absolute atomic E-state index is 11.8. The Balaban J connectivity index is 2.33. The number of unbranched alkanes of at least 4 members (excludes halogenated alkanes) is 4. The summed E-state index contributed by atoms with van der Waals surface area (Å²) in [5.41, 5.74) is 0.900. The van der Waals surface area contributed by atoms with Crippen molar-refractivity contribution in [2.24, 2.45) is 0 Å². The van der Waals surface area contributed by atoms with Crippen LogP contribution in [0, 0.1) is 0 Å². The summed E-state index contributed by atoms with van der Waals surface area (Å²) in [4.78, 5) is 22.7. The van der Waals surface area contributed by atoms with Crippen molar-refractivity contribution in [1.82, 2.24) is 5.32 Å². The highest BCUT2D eigenvalue weighted by Crippen LogP contribution is 2.10. The summed E-state index contributed by atoms with van der Waals surface area (Å²) in [7, 11) is 0. The molecule has 0 saturated heterocycles. The molecule has 2 N–H and O–H groups in total. The number of carbonyl (C=O) groups is 2. The molecule has 1 rings (SSSR count). The number of carbonyl (C=O) groups excluding carboxylic acids is 1. The van der Waals surface area contributed by atoms with E-state index < -0.39 is 12.1 Å². The van der Waals surface area contributed by atoms with E-state index in [0.717, 1.165) is 24.8 Å². The van der Waals surface area contributed by atoms with E-state index in [0.29, 0.717) is 6.42 Å². The first kappa shape index (κ1) is 19.0. The summed E-state index contributed by atoms with van der Waals surface area (Å²) in [6, 6.07) is 9.01. The zero-order valence-electron chi connectivity index (χ0n) is 13.8. The van der Waals surface area contributed by atoms with Crippen molar-refractivity contribution < 1.29 is 19.4 Å². The number of hydrogen-bond donors (Lipinski definition) is 2. The lowest BCUT2D eigenvalue weighted by Gasteiger charge is -2.17. The molecule has 0 bridgehead atoms. The number of ether oxygens (including phenoxy) is 1. The molecule has 0 aliphatic carbocycles. The lowest BCUT2D eigenvalue weighted by molar-refractivity contribution is -0.137. The van der Waals surface area contributed by atoms with Gasteiger partial charge in [-0.15, -0.1) is 0 Å². The number of aliphatic carboxylic acids is 1. The molecular formula is C18H27NO4. The van der Waals surface area contributed by atoms with E-state index >= 15 is 0 Å². The van der Waals surface area contributed by atoms with E-state index in [2.05, 4.69) is 12.2 Å². The lowest BCUT2D eigenvalue weighted by atomic mass is 10.0. The molecule has 128 valence electrons. The Hall–Kier alpha value is -2.04. The molecule has 1 aromatic rings. The van der Waals surface area contributed by atoms with Crippen molar-refractivity contribution in [3.63, 3.8) is 0 Å². The Morgan fingerprint density at radius 3 is 2.48 bits per heavy atom. The van der Waals surface area contributed by atoms with Crippen LogP contribution in [0.2, 0.25) is 0 Å². The SMILES string of the molecule is CCCCCCC[C@@H](CC(=O)O)NC(=O)OCc1ccccc1. The molecule has 1 amide bonds. The summed E-state index contributed by atoms with van der Waals surface area (Å²) in [6.45, 7) is 2.33. The summed E-state index contributed by atoms with van der Waals surface area (Å²) in [5, 5.41) is 11.6. The Kier molecular flexibility index (Phi) is 9.52. The van der Waals surface area contributed by atoms with Crippen molar-refractivity contribution in [3.05, 3.63) is 35.9 Å². The normalized spacial score (nSPS) is 11.7. The number of carboxylic acids is 1. The molecule has 1 aromatic carbocycles. The predicted molar refractivity (Wildman–Crippen MR) is 89.2 cm³/mol. The average Bonchev–Trinajstić information content (AvgIpc) is 2.53. The number of rotatable bonds is 11. The summed E-state index contributed by atoms with van der Waals surface area (Å²) in [5.74, 6) is -0.910. The molecule has 0 saturated carbocycles. The molecule has 0 unspecified atom stereocenters. The molecule has 0 aliphatic rings. The minimum absolute atomic E-state index is 0.0752. The highest BCUT2D eigenvalue weighted by atomic mass is 16.5. The monoisotopic (exact) mass is 321 g/mol. The van der Waals surface area contributed by atoms with Gasteiger partial charge in [-0.25, -0.2) is 4.79 Å². The first-order valence-corrected chi connectivity index (χ1v) is 8.30. The van der Waals surface area contributed by atoms with Crippen LogP contribution in [-0.2, 0) is 16.1 Å². The molecule has 23 heavy (non-hydrogen) atoms. The largest absolute Gasteiger partial charge is 0.481 e. The molecule has 0 fully saturated rings. The Bertz CT molecular complexity index is 461. The number of benzene rings is 1. The maximum Gasteiger partial charge on any atom is 0.407 e. The molecule has 0 aromatic heterocycles. The third-order valence-corrected chi connectivity index (χ3v) is 3.61. The van der Waals surface area contributed by atoms with E-state index in [4.69, 9.17) is 9.84 Å². The molecule has 0 aliphatic heterocycles. The minimum atomic E-state index is -0.910. The molecular weight excluding hydrogens is 294 g/mol. The minimum Gasteiger partial charge on any atom is -0.481 e. The second kappa shape index (κ2) is 11.5. The van der Waals surface area contributed by atoms with Gasteiger partial charge in [0, 0.05) is 6.04 Å². The molecule has 1 atom stereocenters. The molecule has 0 spiro atoms. The fourth-order valence-corrected chi connectivity index (χ4v) is 2.36. The summed E-state index contributed by atoms with van der Waals surface area (Å²) >= 11 is 0. The van der Waals surface area contributed by atoms with Gasteiger partial charge >= 0.3 is 12.1 Å². The molecule has 5 nitrogen and oxygen atoms in total. The van der Waals surface area contributed by atoms with Gasteiger partial charge in [-0.05, 0) is 12.0 Å². The third kappa shape index (κ3) is 9.55. The van der Waals surface area contributed by atoms with Gasteiger partial charge in [0.15, 0.2) is 0 Å². The summed E-state index contributed by atoms with van der Waals surface area (Å²) < 4.78 is 5.14. The highest BCUT2D eigenvalue weighted by molar-refractivity contribution is 5.71. The van der Waals surface area contributed by atoms with Gasteiger partial charge in [0.2, 0.25) is 0 Å². The molecule has 0 heterocycles. The third-order valence-electron chi connectivity index (χ3n) is 3.61. The van der Waals surface area contributed by atoms with Crippen molar-refractivity contribution in [2.75, 3.05) is 0 Å². The second-order valence-corrected chi connectivity index (χ2v) is 5.70. The predicted octanol–water partition coefficient (Wildman–Crippen LogP) is 4.12. The maximum atomic E-state index is 11.8. The quantitative estimate of drug-likeness (QED) is 0.601. The van der Waals surface area contributed by atoms with E-state index in [1.807, 2.05) is 30.3 Å². The van der Waals surface area contributed by atoms with Crippen LogP contribution in [0.15, 0.2) is 30.3 Å². The number of alkyl carbamates (subject to hydrolysis) is 1. The van der Waals surface area contributed by atoms with E-state index in [9.17, 15) is 9.59 Å². The van der Waals surface area contributed by atoms with Gasteiger partial charge in [0.1, 0.15) is 6.61 Å². The zero-order valence-corrected chi connectivity index (χ0v) is 13.8. The smallest absolute Gasteiger partial charge is 0.407 e. The first-order chi connectivity index (χ1) is 11.1. The van der Waals surface area contributed by atoms with Crippen LogP contribution in [0.4, 0.5) is 4.79 Å². The number of amides is 1. The van der Waals surface area contributed by atoms with Crippen LogP contribution in [0.5, 0.6) is 0 Å². The van der Waals surface area contributed by atoms with Crippen LogP contribution >= 0.6 is 0 Å². The van der Waals surface area contributed by atoms with E-state index in [1.165, 1.54) is 12.8 Å². The molecule has 5 heteroatoms. The Morgan fingerprint density at radius 2 is 1.83 bits per heavy atom. The Labute approximate surface area is 138 Å². The van der Waals surface area contributed by atoms with Gasteiger partial charge in [-0.1, -0.05) is 69.4 Å². The zero-order chi connectivity index (χ0) is 16.9. The van der Waals surface area contributed by atoms with Crippen LogP contribution in [0.25, 0.3) is 0 Å². The number of nitrogens with one attached hydrogen (secondary N) is 1. The van der Waals surface area contributed by atoms with E-state index in [-0.39, 0.29) is 19.1 Å². The van der Waals surface area contributed by atoms with Gasteiger partial charge in [0.25, 0.3) is 0 Å². The Morgan fingerprint density at radius 1 is 1.13 bits per heavy atom. The van der Waals surface area contributed by atoms with Gasteiger partial charge < -0.3 is 15.2 Å². The molecule has 0 radical (unpaired) electrons. The van der Waals surface area contributed by atoms with Crippen LogP contribution in [0.3, 0.4) is 0 Å². The standard InChI is InChI=1S/C18H27NO4/c1-2-3-4-5-9-12-16(13-17(20)21)19-18(22)23-14-15-10-7-6-8-11-15/h6-8,10-11,16H,2-5,9,12-14H2,1H3,(H,19,22)(H,20,21)/t16-/m0/s1. The van der Waals surface area contributed by atoms with Crippen molar-refractivity contribution >= 4 is 12.1 Å². The second-order valence-electron chi connectivity index (χ2n) is 5.70. The van der Waals surface area contributed by atoms with Crippen molar-refractivity contribution in [2.45, 2.75) is 64.5 Å². The number of carboxylic acid groups (broad SMARTS) is 1. The van der Waals surface area contributed by atoms with Gasteiger partial charge in [-0.3, -0.25) is 4.79 Å². The first-order valence-electron chi connectivity index (χ1n) is 8.30. The topological polar surface area (TPSA) is 75.6 Å². The van der Waals surface area contributed by atoms with Gasteiger partial charge in [-0.2, -0.15) is 0 Å². The van der Waals surface area contributed by atoms with Crippen molar-refractivity contribution in [1.29, 1.82) is 0 Å². The van der Waals surface area contributed by atoms with Crippen molar-refractivity contribution in [3.8, 4) is 0 Å². The van der Waals surface area contributed by atoms with Gasteiger partial charge in [0.05, 0.1) is 6.42 Å². The van der Waals surface area contributed by atoms with E-state index in [1.54, 1.807) is 0 Å². The number of hydrogen-bond acceptors (Lipinski definition) is 3. The highest BCUT2D eigenvalue weighted by Gasteiger charge is 2.16. The van der Waals surface area contributed by atoms with Crippen LogP contribution < -0.4 is 5.32 Å². The summed E-state index contributed by atoms with van der Waals surface area (Å²) in [6.07, 6.45) is 5.51. The van der Waals surface area contributed by atoms with Crippen LogP contribution in [-0.4, -0.2) is 23.2 Å². The lowest BCUT2D eigenvalue weighted by Crippen LogP contribution is -2.36. The fourth-order valence-electron chi connectivity index (χ4n) is 2.36. The fraction of sp³-hybridized carbons (Fsp3) is 0.556. The average molecular weight is 321 g/mol. The van der Waals surface area contributed by atoms with Crippen LogP contribution in [0.1, 0.15) is 57.4 Å².